The van der Waals surface area contributed by atoms with Crippen LogP contribution in [0.15, 0.2) is 78.9 Å². The molecule has 0 fully saturated rings. The third kappa shape index (κ3) is 5.33. The molecule has 0 atom stereocenters. The summed E-state index contributed by atoms with van der Waals surface area (Å²) in [5.74, 6) is 0. The predicted molar refractivity (Wildman–Crippen MR) is 233 cm³/mol. The van der Waals surface area contributed by atoms with Gasteiger partial charge < -0.3 is 9.80 Å². The molecule has 4 aromatic carbocycles. The zero-order chi connectivity index (χ0) is 37.4. The number of allylic oxidation sites excluding steroid dienone is 1. The summed E-state index contributed by atoms with van der Waals surface area (Å²) in [5.41, 5.74) is 19.6. The second-order valence-electron chi connectivity index (χ2n) is 19.8. The van der Waals surface area contributed by atoms with Gasteiger partial charge in [-0.15, -0.1) is 0 Å². The van der Waals surface area contributed by atoms with Crippen molar-refractivity contribution in [3.05, 3.63) is 117 Å². The molecule has 4 heteroatoms. The highest BCUT2D eigenvalue weighted by Crippen LogP contribution is 2.56. The first-order chi connectivity index (χ1) is 24.9. The van der Waals surface area contributed by atoms with Crippen molar-refractivity contribution < 1.29 is 0 Å². The van der Waals surface area contributed by atoms with Crippen molar-refractivity contribution in [2.45, 2.75) is 124 Å². The van der Waals surface area contributed by atoms with E-state index in [0.717, 1.165) is 12.8 Å². The largest absolute Gasteiger partial charge is 0.311 e. The van der Waals surface area contributed by atoms with E-state index in [-0.39, 0.29) is 28.4 Å². The lowest BCUT2D eigenvalue weighted by molar-refractivity contribution is 0.339. The first-order valence-corrected chi connectivity index (χ1v) is 20.7. The average Bonchev–Trinajstić information content (AvgIpc) is 3.52. The van der Waals surface area contributed by atoms with Crippen LogP contribution in [0.3, 0.4) is 0 Å². The fraction of sp³-hybridized carbons (Fsp3) is 0.388. The van der Waals surface area contributed by atoms with Gasteiger partial charge >= 0.3 is 0 Å². The van der Waals surface area contributed by atoms with Crippen LogP contribution in [0.1, 0.15) is 127 Å². The van der Waals surface area contributed by atoms with E-state index >= 15 is 0 Å². The lowest BCUT2D eigenvalue weighted by atomic mass is 9.35. The van der Waals surface area contributed by atoms with Crippen LogP contribution in [-0.2, 0) is 28.1 Å². The molecule has 270 valence electrons. The molecule has 0 N–H and O–H groups in total. The van der Waals surface area contributed by atoms with Crippen molar-refractivity contribution in [2.24, 2.45) is 0 Å². The topological polar surface area (TPSA) is 6.48 Å². The van der Waals surface area contributed by atoms with Gasteiger partial charge in [0.2, 0.25) is 0 Å². The zero-order valence-corrected chi connectivity index (χ0v) is 34.6. The van der Waals surface area contributed by atoms with Crippen LogP contribution >= 0.6 is 11.3 Å². The van der Waals surface area contributed by atoms with Crippen LogP contribution < -0.4 is 25.5 Å². The zero-order valence-electron chi connectivity index (χ0n) is 33.8. The van der Waals surface area contributed by atoms with E-state index in [1.165, 1.54) is 90.5 Å². The Morgan fingerprint density at radius 2 is 1.32 bits per heavy atom. The maximum absolute atomic E-state index is 2.72. The summed E-state index contributed by atoms with van der Waals surface area (Å²) in [6, 6.07) is 29.0. The SMILES string of the molecule is Cc1cc2c3c(c1)N(c1ccc4c(c1)CCC=C4)c1c(sc4c1C(C)(C)CCC4(C)C)B3c1cc(C(C)(C)C)ccc1N2c1ccc(C(C)(C)C)cc1. The fourth-order valence-electron chi connectivity index (χ4n) is 9.60. The predicted octanol–water partition coefficient (Wildman–Crippen LogP) is 12.0. The van der Waals surface area contributed by atoms with E-state index in [4.69, 9.17) is 0 Å². The molecule has 0 saturated heterocycles. The molecule has 0 spiro atoms. The molecule has 0 radical (unpaired) electrons. The van der Waals surface area contributed by atoms with Crippen LogP contribution in [0.4, 0.5) is 34.1 Å². The molecule has 4 aliphatic rings. The number of aryl methyl sites for hydroxylation is 2. The summed E-state index contributed by atoms with van der Waals surface area (Å²) in [6.45, 7) is 26.5. The molecule has 3 heterocycles. The van der Waals surface area contributed by atoms with Crippen molar-refractivity contribution >= 4 is 74.0 Å². The van der Waals surface area contributed by atoms with Crippen molar-refractivity contribution in [3.8, 4) is 0 Å². The molecular formula is C49H55BN2S. The summed E-state index contributed by atoms with van der Waals surface area (Å²) in [6.07, 6.45) is 9.25. The van der Waals surface area contributed by atoms with Gasteiger partial charge in [-0.1, -0.05) is 112 Å². The molecule has 2 aliphatic carbocycles. The van der Waals surface area contributed by atoms with Crippen molar-refractivity contribution in [2.75, 3.05) is 9.80 Å². The monoisotopic (exact) mass is 714 g/mol. The summed E-state index contributed by atoms with van der Waals surface area (Å²) < 4.78 is 1.52. The first-order valence-electron chi connectivity index (χ1n) is 19.9. The fourth-order valence-corrected chi connectivity index (χ4v) is 11.3. The summed E-state index contributed by atoms with van der Waals surface area (Å²) in [4.78, 5) is 6.89. The Kier molecular flexibility index (Phi) is 7.54. The Balaban J connectivity index is 1.40. The summed E-state index contributed by atoms with van der Waals surface area (Å²) >= 11 is 2.12. The van der Waals surface area contributed by atoms with Gasteiger partial charge in [0.25, 0.3) is 6.71 Å². The Morgan fingerprint density at radius 1 is 0.679 bits per heavy atom. The third-order valence-electron chi connectivity index (χ3n) is 12.8. The molecule has 1 aromatic heterocycles. The Labute approximate surface area is 323 Å². The van der Waals surface area contributed by atoms with Gasteiger partial charge in [0.05, 0.1) is 5.69 Å². The van der Waals surface area contributed by atoms with Crippen LogP contribution in [0, 0.1) is 6.92 Å². The minimum atomic E-state index is 0.0321. The highest BCUT2D eigenvalue weighted by Gasteiger charge is 2.50. The lowest BCUT2D eigenvalue weighted by Gasteiger charge is -2.45. The van der Waals surface area contributed by atoms with E-state index in [9.17, 15) is 0 Å². The standard InChI is InChI=1S/C49H55BN2S/c1-30-26-39-42-40(27-30)52(36-20-16-31-14-12-13-15-32(31)28-36)43-41-44(49(10,11)25-24-48(41,8)9)53-45(43)50(42)37-29-34(47(5,6)7)19-23-38(37)51(39)35-21-17-33(18-22-35)46(2,3)4/h12,14,16-23,26-29H,13,15,24-25H2,1-11H3. The van der Waals surface area contributed by atoms with E-state index in [2.05, 4.69) is 182 Å². The number of benzene rings is 4. The Hall–Kier alpha value is -4.02. The average molecular weight is 715 g/mol. The van der Waals surface area contributed by atoms with E-state index in [0.29, 0.717) is 0 Å². The van der Waals surface area contributed by atoms with E-state index < -0.39 is 0 Å². The molecule has 2 aliphatic heterocycles. The van der Waals surface area contributed by atoms with Crippen molar-refractivity contribution in [3.63, 3.8) is 0 Å². The van der Waals surface area contributed by atoms with Gasteiger partial charge in [0, 0.05) is 38.1 Å². The maximum Gasteiger partial charge on any atom is 0.264 e. The lowest BCUT2D eigenvalue weighted by Crippen LogP contribution is -2.61. The number of thiophene rings is 1. The molecule has 0 bridgehead atoms. The van der Waals surface area contributed by atoms with Gasteiger partial charge in [0.15, 0.2) is 0 Å². The Morgan fingerprint density at radius 3 is 2.02 bits per heavy atom. The van der Waals surface area contributed by atoms with Gasteiger partial charge in [0.1, 0.15) is 0 Å². The first kappa shape index (κ1) is 34.7. The number of fused-ring (bicyclic) bond motifs is 7. The molecule has 0 unspecified atom stereocenters. The minimum absolute atomic E-state index is 0.0321. The maximum atomic E-state index is 2.72. The summed E-state index contributed by atoms with van der Waals surface area (Å²) in [7, 11) is 0. The molecule has 0 amide bonds. The second kappa shape index (κ2) is 11.5. The van der Waals surface area contributed by atoms with Crippen molar-refractivity contribution in [1.82, 2.24) is 0 Å². The highest BCUT2D eigenvalue weighted by atomic mass is 32.1. The van der Waals surface area contributed by atoms with E-state index in [1.54, 1.807) is 10.4 Å². The molecule has 9 rings (SSSR count). The molecular weight excluding hydrogens is 659 g/mol. The normalized spacial score (nSPS) is 17.9. The number of rotatable bonds is 2. The van der Waals surface area contributed by atoms with Gasteiger partial charge in [-0.25, -0.2) is 0 Å². The second-order valence-corrected chi connectivity index (χ2v) is 20.8. The van der Waals surface area contributed by atoms with Gasteiger partial charge in [-0.3, -0.25) is 0 Å². The Bertz CT molecular complexity index is 2340. The third-order valence-corrected chi connectivity index (χ3v) is 14.4. The number of hydrogen-bond acceptors (Lipinski definition) is 3. The molecule has 53 heavy (non-hydrogen) atoms. The van der Waals surface area contributed by atoms with Crippen LogP contribution in [0.25, 0.3) is 6.08 Å². The van der Waals surface area contributed by atoms with Gasteiger partial charge in [-0.05, 0) is 141 Å². The van der Waals surface area contributed by atoms with Crippen LogP contribution in [0.5, 0.6) is 0 Å². The number of anilines is 6. The molecule has 2 nitrogen and oxygen atoms in total. The number of hydrogen-bond donors (Lipinski definition) is 0. The molecule has 5 aromatic rings. The highest BCUT2D eigenvalue weighted by molar-refractivity contribution is 7.29. The number of nitrogens with zero attached hydrogens (tertiary/aromatic N) is 2. The van der Waals surface area contributed by atoms with Gasteiger partial charge in [-0.2, -0.15) is 11.3 Å². The molecule has 0 saturated carbocycles. The smallest absolute Gasteiger partial charge is 0.264 e. The summed E-state index contributed by atoms with van der Waals surface area (Å²) in [5, 5.41) is 0. The quantitative estimate of drug-likeness (QED) is 0.165. The van der Waals surface area contributed by atoms with E-state index in [1.807, 2.05) is 0 Å². The van der Waals surface area contributed by atoms with Crippen LogP contribution in [0.2, 0.25) is 0 Å². The van der Waals surface area contributed by atoms with Crippen LogP contribution in [-0.4, -0.2) is 6.71 Å². The van der Waals surface area contributed by atoms with Crippen molar-refractivity contribution in [1.29, 1.82) is 0 Å². The minimum Gasteiger partial charge on any atom is -0.311 e.